The van der Waals surface area contributed by atoms with E-state index in [0.717, 1.165) is 44.2 Å². The number of aromatic nitrogens is 1. The second-order valence-electron chi connectivity index (χ2n) is 8.10. The number of benzene rings is 1. The highest BCUT2D eigenvalue weighted by Crippen LogP contribution is 2.33. The van der Waals surface area contributed by atoms with Crippen LogP contribution in [-0.2, 0) is 13.0 Å². The summed E-state index contributed by atoms with van der Waals surface area (Å²) in [6, 6.07) is 13.9. The van der Waals surface area contributed by atoms with Crippen LogP contribution < -0.4 is 15.1 Å². The fourth-order valence-electron chi connectivity index (χ4n) is 4.53. The van der Waals surface area contributed by atoms with Crippen LogP contribution in [0.15, 0.2) is 54.0 Å². The van der Waals surface area contributed by atoms with E-state index in [2.05, 4.69) is 43.7 Å². The molecule has 0 saturated carbocycles. The second-order valence-corrected chi connectivity index (χ2v) is 9.10. The van der Waals surface area contributed by atoms with Crippen molar-refractivity contribution in [2.24, 2.45) is 0 Å². The molecule has 6 heteroatoms. The number of aryl methyl sites for hydroxylation is 1. The zero-order valence-electron chi connectivity index (χ0n) is 17.1. The molecule has 1 fully saturated rings. The van der Waals surface area contributed by atoms with Crippen molar-refractivity contribution in [3.8, 4) is 0 Å². The number of hydrogen-bond acceptors (Lipinski definition) is 5. The zero-order valence-corrected chi connectivity index (χ0v) is 17.9. The maximum Gasteiger partial charge on any atom is 0.128 e. The fraction of sp³-hybridized carbons (Fsp3) is 0.375. The number of anilines is 2. The molecule has 3 heterocycles. The second kappa shape index (κ2) is 8.74. The molecule has 5 rings (SSSR count). The Balaban J connectivity index is 1.19. The van der Waals surface area contributed by atoms with Crippen LogP contribution in [0.3, 0.4) is 0 Å². The van der Waals surface area contributed by atoms with Crippen LogP contribution in [0, 0.1) is 5.82 Å². The van der Waals surface area contributed by atoms with Crippen molar-refractivity contribution in [3.63, 3.8) is 0 Å². The van der Waals surface area contributed by atoms with Gasteiger partial charge < -0.3 is 15.1 Å². The van der Waals surface area contributed by atoms with Gasteiger partial charge in [-0.3, -0.25) is 0 Å². The van der Waals surface area contributed by atoms with Crippen molar-refractivity contribution in [1.82, 2.24) is 10.3 Å². The average molecular weight is 423 g/mol. The Morgan fingerprint density at radius 3 is 2.67 bits per heavy atom. The van der Waals surface area contributed by atoms with Gasteiger partial charge in [-0.25, -0.2) is 9.37 Å². The van der Waals surface area contributed by atoms with E-state index < -0.39 is 0 Å². The van der Waals surface area contributed by atoms with Crippen LogP contribution in [0.2, 0.25) is 0 Å². The first kappa shape index (κ1) is 19.5. The van der Waals surface area contributed by atoms with E-state index in [1.54, 1.807) is 4.88 Å². The normalized spacial score (nSPS) is 19.0. The van der Waals surface area contributed by atoms with Crippen molar-refractivity contribution in [2.45, 2.75) is 31.8 Å². The van der Waals surface area contributed by atoms with Gasteiger partial charge in [-0.1, -0.05) is 0 Å². The van der Waals surface area contributed by atoms with Crippen LogP contribution >= 0.6 is 11.3 Å². The van der Waals surface area contributed by atoms with Gasteiger partial charge in [0.25, 0.3) is 0 Å². The molecule has 1 saturated heterocycles. The van der Waals surface area contributed by atoms with Crippen LogP contribution in [0.1, 0.15) is 34.9 Å². The van der Waals surface area contributed by atoms with E-state index in [-0.39, 0.29) is 5.82 Å². The van der Waals surface area contributed by atoms with Gasteiger partial charge >= 0.3 is 0 Å². The number of pyridine rings is 1. The quantitative estimate of drug-likeness (QED) is 0.641. The summed E-state index contributed by atoms with van der Waals surface area (Å²) in [5.74, 6) is 0.864. The number of thiophene rings is 1. The molecule has 0 radical (unpaired) electrons. The minimum Gasteiger partial charge on any atom is -0.368 e. The molecule has 0 bridgehead atoms. The zero-order chi connectivity index (χ0) is 20.3. The monoisotopic (exact) mass is 422 g/mol. The third kappa shape index (κ3) is 4.20. The first-order valence-electron chi connectivity index (χ1n) is 10.8. The summed E-state index contributed by atoms with van der Waals surface area (Å²) in [6.07, 6.45) is 5.64. The van der Waals surface area contributed by atoms with Gasteiger partial charge in [-0.05, 0) is 78.2 Å². The molecule has 1 atom stereocenters. The Bertz CT molecular complexity index is 979. The predicted molar refractivity (Wildman–Crippen MR) is 122 cm³/mol. The predicted octanol–water partition coefficient (Wildman–Crippen LogP) is 4.78. The summed E-state index contributed by atoms with van der Waals surface area (Å²) in [5.41, 5.74) is 3.86. The highest BCUT2D eigenvalue weighted by Gasteiger charge is 2.21. The standard InChI is InChI=1S/C24H27FN4S/c25-19-4-6-20(7-5-19)28-11-13-29(14-12-28)24-16-18(8-10-26-24)17-27-22-2-1-3-23-21(22)9-15-30-23/h4-10,15-16,22,27H,1-3,11-14,17H2. The lowest BCUT2D eigenvalue weighted by Gasteiger charge is -2.36. The summed E-state index contributed by atoms with van der Waals surface area (Å²) in [5, 5.41) is 5.99. The number of hydrogen-bond donors (Lipinski definition) is 1. The number of piperazine rings is 1. The lowest BCUT2D eigenvalue weighted by molar-refractivity contribution is 0.463. The molecular formula is C24H27FN4S. The number of halogens is 1. The molecule has 1 aliphatic carbocycles. The maximum absolute atomic E-state index is 13.2. The third-order valence-corrected chi connectivity index (χ3v) is 7.21. The molecule has 156 valence electrons. The molecule has 1 aliphatic heterocycles. The fourth-order valence-corrected chi connectivity index (χ4v) is 5.52. The minimum absolute atomic E-state index is 0.185. The SMILES string of the molecule is Fc1ccc(N2CCN(c3cc(CNC4CCCc5sccc54)ccn3)CC2)cc1. The van der Waals surface area contributed by atoms with Crippen molar-refractivity contribution >= 4 is 22.8 Å². The third-order valence-electron chi connectivity index (χ3n) is 6.21. The van der Waals surface area contributed by atoms with Crippen molar-refractivity contribution in [3.05, 3.63) is 75.9 Å². The van der Waals surface area contributed by atoms with Gasteiger partial charge in [-0.2, -0.15) is 0 Å². The summed E-state index contributed by atoms with van der Waals surface area (Å²) < 4.78 is 13.2. The highest BCUT2D eigenvalue weighted by molar-refractivity contribution is 7.10. The number of nitrogens with one attached hydrogen (secondary N) is 1. The van der Waals surface area contributed by atoms with Crippen LogP contribution in [0.5, 0.6) is 0 Å². The largest absolute Gasteiger partial charge is 0.368 e. The smallest absolute Gasteiger partial charge is 0.128 e. The molecular weight excluding hydrogens is 395 g/mol. The summed E-state index contributed by atoms with van der Waals surface area (Å²) in [7, 11) is 0. The first-order chi connectivity index (χ1) is 14.8. The maximum atomic E-state index is 13.2. The molecule has 3 aromatic rings. The molecule has 1 unspecified atom stereocenters. The Hall–Kier alpha value is -2.44. The number of nitrogens with zero attached hydrogens (tertiary/aromatic N) is 3. The van der Waals surface area contributed by atoms with Crippen molar-refractivity contribution in [2.75, 3.05) is 36.0 Å². The van der Waals surface area contributed by atoms with Gasteiger partial charge in [-0.15, -0.1) is 11.3 Å². The van der Waals surface area contributed by atoms with E-state index >= 15 is 0 Å². The van der Waals surface area contributed by atoms with Crippen molar-refractivity contribution in [1.29, 1.82) is 0 Å². The summed E-state index contributed by atoms with van der Waals surface area (Å²) >= 11 is 1.89. The molecule has 0 spiro atoms. The Kier molecular flexibility index (Phi) is 5.69. The number of fused-ring (bicyclic) bond motifs is 1. The molecule has 2 aliphatic rings. The Morgan fingerprint density at radius 1 is 1.03 bits per heavy atom. The molecule has 1 aromatic carbocycles. The lowest BCUT2D eigenvalue weighted by Crippen LogP contribution is -2.46. The minimum atomic E-state index is -0.185. The molecule has 30 heavy (non-hydrogen) atoms. The molecule has 0 amide bonds. The Labute approximate surface area is 181 Å². The molecule has 1 N–H and O–H groups in total. The van der Waals surface area contributed by atoms with Crippen LogP contribution in [-0.4, -0.2) is 31.2 Å². The highest BCUT2D eigenvalue weighted by atomic mass is 32.1. The van der Waals surface area contributed by atoms with Gasteiger partial charge in [0.1, 0.15) is 11.6 Å². The molecule has 2 aromatic heterocycles. The van der Waals surface area contributed by atoms with Gasteiger partial charge in [0.05, 0.1) is 0 Å². The Morgan fingerprint density at radius 2 is 1.83 bits per heavy atom. The van der Waals surface area contributed by atoms with Crippen molar-refractivity contribution < 1.29 is 4.39 Å². The molecule has 4 nitrogen and oxygen atoms in total. The first-order valence-corrected chi connectivity index (χ1v) is 11.6. The summed E-state index contributed by atoms with van der Waals surface area (Å²) in [6.45, 7) is 4.53. The van der Waals surface area contributed by atoms with Gasteiger partial charge in [0.15, 0.2) is 0 Å². The lowest BCUT2D eigenvalue weighted by atomic mass is 9.94. The average Bonchev–Trinajstić information content (AvgIpc) is 3.28. The van der Waals surface area contributed by atoms with E-state index in [1.165, 1.54) is 42.5 Å². The van der Waals surface area contributed by atoms with E-state index in [9.17, 15) is 4.39 Å². The van der Waals surface area contributed by atoms with E-state index in [0.29, 0.717) is 6.04 Å². The number of rotatable bonds is 5. The van der Waals surface area contributed by atoms with Crippen LogP contribution in [0.25, 0.3) is 0 Å². The topological polar surface area (TPSA) is 31.4 Å². The van der Waals surface area contributed by atoms with E-state index in [1.807, 2.05) is 29.7 Å². The van der Waals surface area contributed by atoms with Gasteiger partial charge in [0.2, 0.25) is 0 Å². The van der Waals surface area contributed by atoms with Gasteiger partial charge in [0, 0.05) is 55.5 Å². The summed E-state index contributed by atoms with van der Waals surface area (Å²) in [4.78, 5) is 10.8. The van der Waals surface area contributed by atoms with E-state index in [4.69, 9.17) is 0 Å². The van der Waals surface area contributed by atoms with Crippen LogP contribution in [0.4, 0.5) is 15.9 Å².